The highest BCUT2D eigenvalue weighted by Crippen LogP contribution is 2.44. The van der Waals surface area contributed by atoms with Crippen molar-refractivity contribution in [3.8, 4) is 11.5 Å². The molecule has 6 nitrogen and oxygen atoms in total. The number of anilines is 1. The summed E-state index contributed by atoms with van der Waals surface area (Å²) in [5.74, 6) is -0.548. The first-order valence-electron chi connectivity index (χ1n) is 9.77. The highest BCUT2D eigenvalue weighted by atomic mass is 19.1. The number of fused-ring (bicyclic) bond motifs is 2. The summed E-state index contributed by atoms with van der Waals surface area (Å²) in [7, 11) is 0. The summed E-state index contributed by atoms with van der Waals surface area (Å²) in [5, 5.41) is 11.4. The molecule has 0 saturated carbocycles. The summed E-state index contributed by atoms with van der Waals surface area (Å²) in [6.45, 7) is 0.0246. The van der Waals surface area contributed by atoms with Crippen LogP contribution in [0.5, 0.6) is 11.5 Å². The molecule has 3 aromatic rings. The van der Waals surface area contributed by atoms with Gasteiger partial charge >= 0.3 is 0 Å². The van der Waals surface area contributed by atoms with E-state index in [1.165, 1.54) is 17.0 Å². The maximum Gasteiger partial charge on any atom is 0.264 e. The second-order valence-electron chi connectivity index (χ2n) is 7.53. The first-order valence-corrected chi connectivity index (χ1v) is 9.77. The van der Waals surface area contributed by atoms with Crippen molar-refractivity contribution in [2.75, 3.05) is 11.7 Å². The molecule has 31 heavy (non-hydrogen) atoms. The number of benzene rings is 3. The van der Waals surface area contributed by atoms with E-state index in [0.29, 0.717) is 33.9 Å². The zero-order chi connectivity index (χ0) is 21.6. The van der Waals surface area contributed by atoms with Crippen molar-refractivity contribution in [3.05, 3.63) is 89.2 Å². The van der Waals surface area contributed by atoms with E-state index in [4.69, 9.17) is 9.47 Å². The Balaban J connectivity index is 1.47. The maximum absolute atomic E-state index is 14.2. The van der Waals surface area contributed by atoms with E-state index < -0.39 is 29.5 Å². The van der Waals surface area contributed by atoms with E-state index >= 15 is 0 Å². The lowest BCUT2D eigenvalue weighted by atomic mass is 9.88. The second-order valence-corrected chi connectivity index (χ2v) is 7.53. The molecule has 2 heterocycles. The van der Waals surface area contributed by atoms with Crippen molar-refractivity contribution in [2.45, 2.75) is 18.6 Å². The number of carbonyl (C=O) groups is 2. The van der Waals surface area contributed by atoms with Crippen molar-refractivity contribution in [1.82, 2.24) is 0 Å². The highest BCUT2D eigenvalue weighted by molar-refractivity contribution is 6.10. The standard InChI is InChI=1S/C24H18FNO5/c25-18-7-3-1-5-16(18)13-26-19-8-4-2-6-17(19)24(29,23(26)28)12-20(27)15-9-10-21-22(11-15)31-14-30-21/h1-11,29H,12-14H2/t24-/m1/s1. The molecule has 0 spiro atoms. The van der Waals surface area contributed by atoms with Gasteiger partial charge in [0, 0.05) is 16.7 Å². The van der Waals surface area contributed by atoms with Gasteiger partial charge in [0.25, 0.3) is 5.91 Å². The number of Topliss-reactive ketones (excluding diaryl/α,β-unsaturated/α-hetero) is 1. The first kappa shape index (κ1) is 19.3. The Morgan fingerprint density at radius 2 is 1.77 bits per heavy atom. The number of aliphatic hydroxyl groups is 1. The quantitative estimate of drug-likeness (QED) is 0.640. The summed E-state index contributed by atoms with van der Waals surface area (Å²) < 4.78 is 24.8. The number of nitrogens with zero attached hydrogens (tertiary/aromatic N) is 1. The third-order valence-corrected chi connectivity index (χ3v) is 5.64. The van der Waals surface area contributed by atoms with Crippen LogP contribution in [-0.2, 0) is 16.9 Å². The van der Waals surface area contributed by atoms with Crippen LogP contribution in [-0.4, -0.2) is 23.6 Å². The molecular formula is C24H18FNO5. The van der Waals surface area contributed by atoms with Crippen molar-refractivity contribution in [2.24, 2.45) is 0 Å². The fourth-order valence-electron chi connectivity index (χ4n) is 4.04. The Bertz CT molecular complexity index is 1210. The number of hydrogen-bond acceptors (Lipinski definition) is 5. The van der Waals surface area contributed by atoms with E-state index in [1.807, 2.05) is 0 Å². The molecule has 0 unspecified atom stereocenters. The first-order chi connectivity index (χ1) is 15.0. The van der Waals surface area contributed by atoms with Gasteiger partial charge in [-0.15, -0.1) is 0 Å². The van der Waals surface area contributed by atoms with E-state index in [0.717, 1.165) is 0 Å². The van der Waals surface area contributed by atoms with Crippen molar-refractivity contribution in [3.63, 3.8) is 0 Å². The van der Waals surface area contributed by atoms with Gasteiger partial charge in [-0.2, -0.15) is 0 Å². The smallest absolute Gasteiger partial charge is 0.264 e. The largest absolute Gasteiger partial charge is 0.454 e. The van der Waals surface area contributed by atoms with Gasteiger partial charge in [-0.3, -0.25) is 9.59 Å². The Hall–Kier alpha value is -3.71. The molecule has 156 valence electrons. The maximum atomic E-state index is 14.2. The average molecular weight is 419 g/mol. The lowest BCUT2D eigenvalue weighted by molar-refractivity contribution is -0.136. The van der Waals surface area contributed by atoms with Crippen molar-refractivity contribution >= 4 is 17.4 Å². The number of para-hydroxylation sites is 1. The van der Waals surface area contributed by atoms with Gasteiger partial charge in [-0.05, 0) is 30.3 Å². The number of halogens is 1. The zero-order valence-electron chi connectivity index (χ0n) is 16.4. The number of amides is 1. The predicted molar refractivity (Wildman–Crippen MR) is 109 cm³/mol. The molecular weight excluding hydrogens is 401 g/mol. The molecule has 7 heteroatoms. The van der Waals surface area contributed by atoms with Crippen molar-refractivity contribution in [1.29, 1.82) is 0 Å². The van der Waals surface area contributed by atoms with E-state index in [2.05, 4.69) is 0 Å². The average Bonchev–Trinajstić information content (AvgIpc) is 3.32. The number of rotatable bonds is 5. The minimum Gasteiger partial charge on any atom is -0.454 e. The molecule has 0 saturated heterocycles. The molecule has 1 N–H and O–H groups in total. The van der Waals surface area contributed by atoms with Gasteiger partial charge in [0.15, 0.2) is 22.9 Å². The van der Waals surface area contributed by atoms with Crippen LogP contribution >= 0.6 is 0 Å². The van der Waals surface area contributed by atoms with Crippen LogP contribution in [0.1, 0.15) is 27.9 Å². The number of carbonyl (C=O) groups excluding carboxylic acids is 2. The Morgan fingerprint density at radius 1 is 1.03 bits per heavy atom. The minimum atomic E-state index is -2.05. The summed E-state index contributed by atoms with van der Waals surface area (Å²) in [5.41, 5.74) is -0.648. The van der Waals surface area contributed by atoms with Crippen LogP contribution in [0.2, 0.25) is 0 Å². The van der Waals surface area contributed by atoms with Gasteiger partial charge in [0.1, 0.15) is 5.82 Å². The van der Waals surface area contributed by atoms with Crippen LogP contribution in [0.25, 0.3) is 0 Å². The molecule has 3 aromatic carbocycles. The molecule has 2 aliphatic heterocycles. The summed E-state index contributed by atoms with van der Waals surface area (Å²) in [4.78, 5) is 27.6. The van der Waals surface area contributed by atoms with E-state index in [-0.39, 0.29) is 13.3 Å². The second kappa shape index (κ2) is 7.21. The summed E-state index contributed by atoms with van der Waals surface area (Å²) >= 11 is 0. The highest BCUT2D eigenvalue weighted by Gasteiger charge is 2.50. The number of ketones is 1. The number of hydrogen-bond donors (Lipinski definition) is 1. The molecule has 2 aliphatic rings. The van der Waals surface area contributed by atoms with Gasteiger partial charge in [-0.25, -0.2) is 4.39 Å². The molecule has 1 amide bonds. The third kappa shape index (κ3) is 3.14. The molecule has 0 fully saturated rings. The fourth-order valence-corrected chi connectivity index (χ4v) is 4.04. The van der Waals surface area contributed by atoms with Gasteiger partial charge in [0.2, 0.25) is 6.79 Å². The molecule has 5 rings (SSSR count). The Kier molecular flexibility index (Phi) is 4.48. The normalized spacial score (nSPS) is 18.9. The molecule has 0 bridgehead atoms. The molecule has 1 atom stereocenters. The van der Waals surface area contributed by atoms with Crippen LogP contribution in [0.3, 0.4) is 0 Å². The van der Waals surface area contributed by atoms with E-state index in [1.54, 1.807) is 54.6 Å². The molecule has 0 aromatic heterocycles. The monoisotopic (exact) mass is 419 g/mol. The van der Waals surface area contributed by atoms with E-state index in [9.17, 15) is 19.1 Å². The van der Waals surface area contributed by atoms with Gasteiger partial charge < -0.3 is 19.5 Å². The topological polar surface area (TPSA) is 76.1 Å². The third-order valence-electron chi connectivity index (χ3n) is 5.64. The van der Waals surface area contributed by atoms with Crippen LogP contribution < -0.4 is 14.4 Å². The molecule has 0 aliphatic carbocycles. The Labute approximate surface area is 177 Å². The summed E-state index contributed by atoms with van der Waals surface area (Å²) in [6, 6.07) is 17.6. The van der Waals surface area contributed by atoms with Gasteiger partial charge in [0.05, 0.1) is 18.7 Å². The van der Waals surface area contributed by atoms with Crippen LogP contribution in [0.4, 0.5) is 10.1 Å². The van der Waals surface area contributed by atoms with Gasteiger partial charge in [-0.1, -0.05) is 36.4 Å². The Morgan fingerprint density at radius 3 is 2.61 bits per heavy atom. The lowest BCUT2D eigenvalue weighted by Crippen LogP contribution is -2.41. The van der Waals surface area contributed by atoms with Crippen molar-refractivity contribution < 1.29 is 28.6 Å². The lowest BCUT2D eigenvalue weighted by Gasteiger charge is -2.23. The zero-order valence-corrected chi connectivity index (χ0v) is 16.4. The van der Waals surface area contributed by atoms with Crippen LogP contribution in [0, 0.1) is 5.82 Å². The SMILES string of the molecule is O=C(C[C@]1(O)C(=O)N(Cc2ccccc2F)c2ccccc21)c1ccc2c(c1)OCO2. The summed E-state index contributed by atoms with van der Waals surface area (Å²) in [6.07, 6.45) is -0.448. The minimum absolute atomic E-state index is 0.0525. The fraction of sp³-hybridized carbons (Fsp3) is 0.167. The molecule has 0 radical (unpaired) electrons. The predicted octanol–water partition coefficient (Wildman–Crippen LogP) is 3.56. The number of ether oxygens (including phenoxy) is 2. The van der Waals surface area contributed by atoms with Crippen LogP contribution in [0.15, 0.2) is 66.7 Å².